The number of hydrogen-bond acceptors (Lipinski definition) is 3. The Morgan fingerprint density at radius 1 is 1.73 bits per heavy atom. The molecule has 0 radical (unpaired) electrons. The number of halogens is 1. The van der Waals surface area contributed by atoms with E-state index in [1.54, 1.807) is 0 Å². The zero-order chi connectivity index (χ0) is 11.3. The number of aliphatic imine (C=N–C) groups is 1. The lowest BCUT2D eigenvalue weighted by molar-refractivity contribution is 0.614. The number of nitrogens with zero attached hydrogens (tertiary/aromatic N) is 2. The summed E-state index contributed by atoms with van der Waals surface area (Å²) in [7, 11) is 0. The summed E-state index contributed by atoms with van der Waals surface area (Å²) in [6.07, 6.45) is 2.99. The molecule has 0 unspecified atom stereocenters. The predicted molar refractivity (Wildman–Crippen MR) is 58.2 cm³/mol. The molecule has 1 heterocycles. The third kappa shape index (κ3) is 2.90. The molecule has 0 aliphatic rings. The number of allylic oxidation sites excluding steroid dienone is 1. The van der Waals surface area contributed by atoms with Crippen LogP contribution >= 0.6 is 0 Å². The minimum absolute atomic E-state index is 0.348. The second-order valence-electron chi connectivity index (χ2n) is 3.12. The van der Waals surface area contributed by atoms with Crippen molar-refractivity contribution in [1.29, 1.82) is 0 Å². The summed E-state index contributed by atoms with van der Waals surface area (Å²) < 4.78 is 13.1. The molecular formula is C10H15FN4. The van der Waals surface area contributed by atoms with Crippen molar-refractivity contribution in [2.24, 2.45) is 10.7 Å². The van der Waals surface area contributed by atoms with Gasteiger partial charge in [0.25, 0.3) is 0 Å². The zero-order valence-electron chi connectivity index (χ0n) is 8.92. The van der Waals surface area contributed by atoms with Gasteiger partial charge in [-0.1, -0.05) is 0 Å². The van der Waals surface area contributed by atoms with Crippen LogP contribution in [0.5, 0.6) is 0 Å². The molecule has 0 saturated heterocycles. The standard InChI is InChI=1S/C10H15FN4/c1-3-13-7(2)8(5-12)4-10-9(11)6-14-15-10/h5-6H,3-4,12H2,1-2H3,(H,14,15). The van der Waals surface area contributed by atoms with Crippen molar-refractivity contribution in [1.82, 2.24) is 10.2 Å². The van der Waals surface area contributed by atoms with E-state index < -0.39 is 0 Å². The monoisotopic (exact) mass is 210 g/mol. The Balaban J connectivity index is 2.80. The van der Waals surface area contributed by atoms with Crippen LogP contribution in [0.1, 0.15) is 19.5 Å². The van der Waals surface area contributed by atoms with Gasteiger partial charge >= 0.3 is 0 Å². The van der Waals surface area contributed by atoms with Gasteiger partial charge < -0.3 is 5.73 Å². The van der Waals surface area contributed by atoms with Gasteiger partial charge in [0.2, 0.25) is 0 Å². The fourth-order valence-corrected chi connectivity index (χ4v) is 1.26. The molecule has 0 atom stereocenters. The lowest BCUT2D eigenvalue weighted by atomic mass is 10.1. The fourth-order valence-electron chi connectivity index (χ4n) is 1.26. The summed E-state index contributed by atoms with van der Waals surface area (Å²) in [5, 5.41) is 6.20. The molecule has 1 rings (SSSR count). The van der Waals surface area contributed by atoms with E-state index in [9.17, 15) is 4.39 Å². The van der Waals surface area contributed by atoms with Crippen molar-refractivity contribution >= 4 is 5.71 Å². The molecule has 0 aromatic carbocycles. The normalized spacial score (nSPS) is 13.3. The minimum atomic E-state index is -0.348. The Labute approximate surface area is 88.1 Å². The summed E-state index contributed by atoms with van der Waals surface area (Å²) in [5.74, 6) is -0.348. The molecule has 0 fully saturated rings. The van der Waals surface area contributed by atoms with E-state index in [1.807, 2.05) is 13.8 Å². The zero-order valence-corrected chi connectivity index (χ0v) is 8.92. The Morgan fingerprint density at radius 2 is 2.47 bits per heavy atom. The highest BCUT2D eigenvalue weighted by Crippen LogP contribution is 2.09. The summed E-state index contributed by atoms with van der Waals surface area (Å²) in [6.45, 7) is 4.49. The second-order valence-corrected chi connectivity index (χ2v) is 3.12. The van der Waals surface area contributed by atoms with Crippen molar-refractivity contribution < 1.29 is 4.39 Å². The number of aromatic amines is 1. The van der Waals surface area contributed by atoms with Gasteiger partial charge in [-0.2, -0.15) is 5.10 Å². The topological polar surface area (TPSA) is 67.1 Å². The van der Waals surface area contributed by atoms with Gasteiger partial charge in [0, 0.05) is 18.7 Å². The van der Waals surface area contributed by atoms with Crippen LogP contribution in [0.3, 0.4) is 0 Å². The first-order valence-electron chi connectivity index (χ1n) is 4.79. The van der Waals surface area contributed by atoms with Crippen LogP contribution in [0.4, 0.5) is 4.39 Å². The van der Waals surface area contributed by atoms with Crippen molar-refractivity contribution in [3.8, 4) is 0 Å². The van der Waals surface area contributed by atoms with Crippen LogP contribution in [0.2, 0.25) is 0 Å². The number of hydrogen-bond donors (Lipinski definition) is 2. The van der Waals surface area contributed by atoms with Gasteiger partial charge in [-0.25, -0.2) is 4.39 Å². The van der Waals surface area contributed by atoms with Crippen molar-refractivity contribution in [3.63, 3.8) is 0 Å². The van der Waals surface area contributed by atoms with Gasteiger partial charge in [0.05, 0.1) is 11.9 Å². The molecule has 5 heteroatoms. The van der Waals surface area contributed by atoms with Gasteiger partial charge in [-0.15, -0.1) is 0 Å². The number of H-pyrrole nitrogens is 1. The quantitative estimate of drug-likeness (QED) is 0.738. The maximum Gasteiger partial charge on any atom is 0.164 e. The Bertz CT molecular complexity index is 379. The third-order valence-electron chi connectivity index (χ3n) is 2.09. The first-order valence-corrected chi connectivity index (χ1v) is 4.79. The minimum Gasteiger partial charge on any atom is -0.404 e. The predicted octanol–water partition coefficient (Wildman–Crippen LogP) is 1.41. The molecule has 0 aliphatic carbocycles. The van der Waals surface area contributed by atoms with Crippen molar-refractivity contribution in [2.45, 2.75) is 20.3 Å². The molecule has 3 N–H and O–H groups in total. The molecule has 0 saturated carbocycles. The van der Waals surface area contributed by atoms with E-state index in [2.05, 4.69) is 15.2 Å². The molecule has 0 bridgehead atoms. The summed E-state index contributed by atoms with van der Waals surface area (Å²) in [4.78, 5) is 4.22. The van der Waals surface area contributed by atoms with Crippen molar-refractivity contribution in [2.75, 3.05) is 6.54 Å². The molecule has 0 spiro atoms. The molecular weight excluding hydrogens is 195 g/mol. The van der Waals surface area contributed by atoms with Gasteiger partial charge in [0.1, 0.15) is 0 Å². The van der Waals surface area contributed by atoms with Crippen LogP contribution in [-0.2, 0) is 6.42 Å². The lowest BCUT2D eigenvalue weighted by Gasteiger charge is -2.04. The first-order chi connectivity index (χ1) is 7.19. The molecule has 1 aromatic rings. The molecule has 4 nitrogen and oxygen atoms in total. The second kappa shape index (κ2) is 5.29. The van der Waals surface area contributed by atoms with Crippen molar-refractivity contribution in [3.05, 3.63) is 29.5 Å². The van der Waals surface area contributed by atoms with Crippen LogP contribution < -0.4 is 5.73 Å². The SMILES string of the molecule is CCN=C(C)C(=CN)Cc1[nH]ncc1F. The average Bonchev–Trinajstić information content (AvgIpc) is 2.61. The summed E-state index contributed by atoms with van der Waals surface area (Å²) in [5.41, 5.74) is 7.53. The summed E-state index contributed by atoms with van der Waals surface area (Å²) in [6, 6.07) is 0. The highest BCUT2D eigenvalue weighted by atomic mass is 19.1. The van der Waals surface area contributed by atoms with Crippen LogP contribution in [0, 0.1) is 5.82 Å². The average molecular weight is 210 g/mol. The maximum absolute atomic E-state index is 13.1. The van der Waals surface area contributed by atoms with E-state index >= 15 is 0 Å². The van der Waals surface area contributed by atoms with E-state index in [0.29, 0.717) is 18.7 Å². The number of nitrogens with two attached hydrogens (primary N) is 1. The Hall–Kier alpha value is -1.65. The Kier molecular flexibility index (Phi) is 4.03. The van der Waals surface area contributed by atoms with Crippen LogP contribution in [-0.4, -0.2) is 22.5 Å². The van der Waals surface area contributed by atoms with Gasteiger partial charge in [0.15, 0.2) is 5.82 Å². The molecule has 1 aromatic heterocycles. The lowest BCUT2D eigenvalue weighted by Crippen LogP contribution is -2.06. The number of rotatable bonds is 4. The molecule has 15 heavy (non-hydrogen) atoms. The van der Waals surface area contributed by atoms with E-state index in [1.165, 1.54) is 6.20 Å². The smallest absolute Gasteiger partial charge is 0.164 e. The first kappa shape index (κ1) is 11.4. The fraction of sp³-hybridized carbons (Fsp3) is 0.400. The van der Waals surface area contributed by atoms with E-state index in [-0.39, 0.29) is 5.82 Å². The van der Waals surface area contributed by atoms with Crippen LogP contribution in [0.15, 0.2) is 23.0 Å². The highest BCUT2D eigenvalue weighted by molar-refractivity contribution is 5.98. The third-order valence-corrected chi connectivity index (χ3v) is 2.09. The molecule has 0 aliphatic heterocycles. The van der Waals surface area contributed by atoms with E-state index in [4.69, 9.17) is 5.73 Å². The molecule has 82 valence electrons. The summed E-state index contributed by atoms with van der Waals surface area (Å²) >= 11 is 0. The molecule has 0 amide bonds. The highest BCUT2D eigenvalue weighted by Gasteiger charge is 2.08. The Morgan fingerprint density at radius 3 is 2.93 bits per heavy atom. The largest absolute Gasteiger partial charge is 0.404 e. The van der Waals surface area contributed by atoms with E-state index in [0.717, 1.165) is 17.5 Å². The number of nitrogens with one attached hydrogen (secondary N) is 1. The number of aromatic nitrogens is 2. The van der Waals surface area contributed by atoms with Crippen LogP contribution in [0.25, 0.3) is 0 Å². The van der Waals surface area contributed by atoms with Gasteiger partial charge in [-0.3, -0.25) is 10.1 Å². The maximum atomic E-state index is 13.1. The van der Waals surface area contributed by atoms with Gasteiger partial charge in [-0.05, 0) is 25.6 Å².